The number of ketones is 1. The largest absolute Gasteiger partial charge is 0.381 e. The Labute approximate surface area is 131 Å². The maximum Gasteiger partial charge on any atom is 0.222 e. The average molecular weight is 307 g/mol. The van der Waals surface area contributed by atoms with Crippen LogP contribution in [0.2, 0.25) is 0 Å². The van der Waals surface area contributed by atoms with Crippen molar-refractivity contribution >= 4 is 11.7 Å². The molecule has 1 N–H and O–H groups in total. The van der Waals surface area contributed by atoms with E-state index in [1.807, 2.05) is 20.8 Å². The fourth-order valence-corrected chi connectivity index (χ4v) is 3.08. The Kier molecular flexibility index (Phi) is 5.34. The molecule has 1 unspecified atom stereocenters. The van der Waals surface area contributed by atoms with Crippen molar-refractivity contribution in [2.75, 3.05) is 13.2 Å². The zero-order valence-electron chi connectivity index (χ0n) is 13.8. The van der Waals surface area contributed by atoms with Gasteiger partial charge in [-0.1, -0.05) is 0 Å². The summed E-state index contributed by atoms with van der Waals surface area (Å²) in [5.41, 5.74) is 2.22. The number of carbonyl (C=O) groups excluding carboxylic acids is 2. The number of Topliss-reactive ketones (excluding diaryl/α,β-unsaturated/α-hetero) is 1. The number of amides is 1. The number of ether oxygens (including phenoxy) is 1. The summed E-state index contributed by atoms with van der Waals surface area (Å²) in [4.78, 5) is 23.8. The number of aromatic nitrogens is 2. The Morgan fingerprint density at radius 1 is 1.36 bits per heavy atom. The topological polar surface area (TPSA) is 73.2 Å². The first-order chi connectivity index (χ1) is 10.4. The molecule has 2 heterocycles. The first-order valence-corrected chi connectivity index (χ1v) is 7.84. The summed E-state index contributed by atoms with van der Waals surface area (Å²) in [5, 5.41) is 7.48. The van der Waals surface area contributed by atoms with E-state index in [0.29, 0.717) is 25.2 Å². The molecular weight excluding hydrogens is 282 g/mol. The van der Waals surface area contributed by atoms with E-state index in [1.54, 1.807) is 11.6 Å². The van der Waals surface area contributed by atoms with Crippen LogP contribution in [-0.4, -0.2) is 40.7 Å². The molecule has 1 aliphatic heterocycles. The molecule has 6 heteroatoms. The van der Waals surface area contributed by atoms with Crippen LogP contribution < -0.4 is 5.32 Å². The van der Waals surface area contributed by atoms with Crippen molar-refractivity contribution in [3.8, 4) is 0 Å². The standard InChI is InChI=1S/C16H25N3O3/c1-10(9-15(21)17-14-5-7-22-8-6-14)19-12(3)16(13(4)20)11(2)18-19/h10,14H,5-9H2,1-4H3,(H,17,21). The van der Waals surface area contributed by atoms with Gasteiger partial charge in [-0.05, 0) is 40.5 Å². The molecule has 22 heavy (non-hydrogen) atoms. The molecule has 1 atom stereocenters. The van der Waals surface area contributed by atoms with Crippen molar-refractivity contribution in [3.05, 3.63) is 17.0 Å². The Hall–Kier alpha value is -1.69. The minimum atomic E-state index is -0.0772. The zero-order chi connectivity index (χ0) is 16.3. The van der Waals surface area contributed by atoms with Gasteiger partial charge in [-0.3, -0.25) is 14.3 Å². The highest BCUT2D eigenvalue weighted by Gasteiger charge is 2.22. The van der Waals surface area contributed by atoms with Crippen LogP contribution in [-0.2, 0) is 9.53 Å². The fourth-order valence-electron chi connectivity index (χ4n) is 3.08. The maximum absolute atomic E-state index is 12.2. The van der Waals surface area contributed by atoms with Gasteiger partial charge in [-0.25, -0.2) is 0 Å². The SMILES string of the molecule is CC(=O)c1c(C)nn(C(C)CC(=O)NC2CCOCC2)c1C. The third-order valence-corrected chi connectivity index (χ3v) is 4.16. The lowest BCUT2D eigenvalue weighted by molar-refractivity contribution is -0.123. The highest BCUT2D eigenvalue weighted by molar-refractivity contribution is 5.96. The third kappa shape index (κ3) is 3.74. The molecule has 1 aliphatic rings. The normalized spacial score (nSPS) is 17.3. The van der Waals surface area contributed by atoms with Crippen molar-refractivity contribution in [1.29, 1.82) is 0 Å². The zero-order valence-corrected chi connectivity index (χ0v) is 13.8. The van der Waals surface area contributed by atoms with Gasteiger partial charge < -0.3 is 10.1 Å². The lowest BCUT2D eigenvalue weighted by Crippen LogP contribution is -2.39. The van der Waals surface area contributed by atoms with Crippen molar-refractivity contribution in [2.45, 2.75) is 59.0 Å². The first-order valence-electron chi connectivity index (χ1n) is 7.84. The molecule has 0 aliphatic carbocycles. The molecule has 1 saturated heterocycles. The summed E-state index contributed by atoms with van der Waals surface area (Å²) in [6.07, 6.45) is 2.10. The van der Waals surface area contributed by atoms with Gasteiger partial charge in [-0.15, -0.1) is 0 Å². The van der Waals surface area contributed by atoms with Gasteiger partial charge in [0.15, 0.2) is 5.78 Å². The van der Waals surface area contributed by atoms with Crippen LogP contribution in [0.5, 0.6) is 0 Å². The second-order valence-electron chi connectivity index (χ2n) is 6.05. The van der Waals surface area contributed by atoms with Crippen LogP contribution in [0.15, 0.2) is 0 Å². The lowest BCUT2D eigenvalue weighted by Gasteiger charge is -2.24. The molecule has 0 aromatic carbocycles. The molecule has 0 spiro atoms. The Bertz CT molecular complexity index is 559. The fraction of sp³-hybridized carbons (Fsp3) is 0.688. The van der Waals surface area contributed by atoms with Gasteiger partial charge in [0.05, 0.1) is 17.3 Å². The van der Waals surface area contributed by atoms with E-state index in [1.165, 1.54) is 0 Å². The molecule has 1 aromatic heterocycles. The molecule has 0 saturated carbocycles. The van der Waals surface area contributed by atoms with Crippen molar-refractivity contribution in [1.82, 2.24) is 15.1 Å². The van der Waals surface area contributed by atoms with Crippen LogP contribution in [0.3, 0.4) is 0 Å². The second-order valence-corrected chi connectivity index (χ2v) is 6.05. The van der Waals surface area contributed by atoms with E-state index in [9.17, 15) is 9.59 Å². The van der Waals surface area contributed by atoms with Crippen LogP contribution in [0.4, 0.5) is 0 Å². The Morgan fingerprint density at radius 3 is 2.55 bits per heavy atom. The molecule has 1 amide bonds. The third-order valence-electron chi connectivity index (χ3n) is 4.16. The van der Waals surface area contributed by atoms with Gasteiger partial charge in [0.25, 0.3) is 0 Å². The van der Waals surface area contributed by atoms with Crippen LogP contribution >= 0.6 is 0 Å². The summed E-state index contributed by atoms with van der Waals surface area (Å²) in [7, 11) is 0. The van der Waals surface area contributed by atoms with Gasteiger partial charge in [-0.2, -0.15) is 5.10 Å². The highest BCUT2D eigenvalue weighted by atomic mass is 16.5. The van der Waals surface area contributed by atoms with Gasteiger partial charge >= 0.3 is 0 Å². The molecule has 6 nitrogen and oxygen atoms in total. The van der Waals surface area contributed by atoms with Crippen molar-refractivity contribution in [2.24, 2.45) is 0 Å². The van der Waals surface area contributed by atoms with Crippen LogP contribution in [0, 0.1) is 13.8 Å². The Balaban J connectivity index is 1.99. The first kappa shape index (κ1) is 16.7. The minimum absolute atomic E-state index is 0.0140. The predicted octanol–water partition coefficient (Wildman–Crippen LogP) is 1.95. The maximum atomic E-state index is 12.2. The summed E-state index contributed by atoms with van der Waals surface area (Å²) < 4.78 is 7.08. The molecular formula is C16H25N3O3. The van der Waals surface area contributed by atoms with Gasteiger partial charge in [0, 0.05) is 31.4 Å². The number of carbonyl (C=O) groups is 2. The summed E-state index contributed by atoms with van der Waals surface area (Å²) in [5.74, 6) is 0.0384. The van der Waals surface area contributed by atoms with Gasteiger partial charge in [0.2, 0.25) is 5.91 Å². The quantitative estimate of drug-likeness (QED) is 0.844. The number of aryl methyl sites for hydroxylation is 1. The molecule has 0 bridgehead atoms. The summed E-state index contributed by atoms with van der Waals surface area (Å²) in [6, 6.07) is 0.133. The molecule has 2 rings (SSSR count). The van der Waals surface area contributed by atoms with E-state index in [2.05, 4.69) is 10.4 Å². The Morgan fingerprint density at radius 2 is 2.00 bits per heavy atom. The van der Waals surface area contributed by atoms with E-state index in [-0.39, 0.29) is 23.8 Å². The van der Waals surface area contributed by atoms with Crippen molar-refractivity contribution in [3.63, 3.8) is 0 Å². The minimum Gasteiger partial charge on any atom is -0.381 e. The number of rotatable bonds is 5. The van der Waals surface area contributed by atoms with E-state index < -0.39 is 0 Å². The lowest BCUT2D eigenvalue weighted by atomic mass is 10.1. The molecule has 1 aromatic rings. The average Bonchev–Trinajstić information content (AvgIpc) is 2.75. The summed E-state index contributed by atoms with van der Waals surface area (Å²) >= 11 is 0. The smallest absolute Gasteiger partial charge is 0.222 e. The number of hydrogen-bond acceptors (Lipinski definition) is 4. The molecule has 1 fully saturated rings. The number of nitrogens with zero attached hydrogens (tertiary/aromatic N) is 2. The second kappa shape index (κ2) is 7.05. The van der Waals surface area contributed by atoms with Crippen molar-refractivity contribution < 1.29 is 14.3 Å². The van der Waals surface area contributed by atoms with E-state index in [0.717, 1.165) is 24.2 Å². The number of hydrogen-bond donors (Lipinski definition) is 1. The predicted molar refractivity (Wildman–Crippen MR) is 83.0 cm³/mol. The van der Waals surface area contributed by atoms with Crippen LogP contribution in [0.25, 0.3) is 0 Å². The number of nitrogens with one attached hydrogen (secondary N) is 1. The van der Waals surface area contributed by atoms with Crippen LogP contribution in [0.1, 0.15) is 60.9 Å². The highest BCUT2D eigenvalue weighted by Crippen LogP contribution is 2.20. The van der Waals surface area contributed by atoms with E-state index >= 15 is 0 Å². The molecule has 0 radical (unpaired) electrons. The molecule has 122 valence electrons. The monoisotopic (exact) mass is 307 g/mol. The van der Waals surface area contributed by atoms with E-state index in [4.69, 9.17) is 4.74 Å². The summed E-state index contributed by atoms with van der Waals surface area (Å²) in [6.45, 7) is 8.62. The van der Waals surface area contributed by atoms with Gasteiger partial charge in [0.1, 0.15) is 0 Å².